The Morgan fingerprint density at radius 3 is 2.55 bits per heavy atom. The van der Waals surface area contributed by atoms with Crippen LogP contribution < -0.4 is 14.8 Å². The van der Waals surface area contributed by atoms with Crippen LogP contribution in [0.4, 0.5) is 5.69 Å². The standard InChI is InChI=1S/C21H24N4O5S/c1-14-22-19(24-30-14)13-29-18-11-6-5-10-17(18)20(26)23-15-8-7-9-16(12-15)31(27,28)25-21(2,3)4/h5-12,25H,13H2,1-4H3,(H,23,26). The fourth-order valence-corrected chi connectivity index (χ4v) is 4.19. The number of aromatic nitrogens is 2. The van der Waals surface area contributed by atoms with Crippen LogP contribution in [0.25, 0.3) is 0 Å². The zero-order valence-electron chi connectivity index (χ0n) is 17.7. The van der Waals surface area contributed by atoms with Gasteiger partial charge in [-0.15, -0.1) is 0 Å². The first kappa shape index (κ1) is 22.4. The van der Waals surface area contributed by atoms with Crippen LogP contribution in [0, 0.1) is 6.92 Å². The van der Waals surface area contributed by atoms with Gasteiger partial charge in [0.2, 0.25) is 21.7 Å². The zero-order chi connectivity index (χ0) is 22.6. The molecule has 3 aromatic rings. The topological polar surface area (TPSA) is 123 Å². The number of carbonyl (C=O) groups is 1. The number of ether oxygens (including phenoxy) is 1. The SMILES string of the molecule is Cc1nc(COc2ccccc2C(=O)Nc2cccc(S(=O)(=O)NC(C)(C)C)c2)no1. The van der Waals surface area contributed by atoms with Gasteiger partial charge >= 0.3 is 0 Å². The van der Waals surface area contributed by atoms with Crippen LogP contribution in [-0.4, -0.2) is 30.0 Å². The van der Waals surface area contributed by atoms with Gasteiger partial charge in [-0.05, 0) is 51.1 Å². The van der Waals surface area contributed by atoms with Gasteiger partial charge in [-0.1, -0.05) is 23.4 Å². The second-order valence-electron chi connectivity index (χ2n) is 7.85. The summed E-state index contributed by atoms with van der Waals surface area (Å²) in [4.78, 5) is 16.9. The number of anilines is 1. The number of carbonyl (C=O) groups excluding carboxylic acids is 1. The van der Waals surface area contributed by atoms with Crippen LogP contribution in [-0.2, 0) is 16.6 Å². The van der Waals surface area contributed by atoms with Gasteiger partial charge in [-0.25, -0.2) is 13.1 Å². The predicted molar refractivity (Wildman–Crippen MR) is 114 cm³/mol. The Labute approximate surface area is 180 Å². The van der Waals surface area contributed by atoms with E-state index in [0.717, 1.165) is 0 Å². The van der Waals surface area contributed by atoms with Crippen molar-refractivity contribution in [2.24, 2.45) is 0 Å². The molecule has 164 valence electrons. The van der Waals surface area contributed by atoms with Crippen LogP contribution in [0.1, 0.15) is 42.8 Å². The molecule has 31 heavy (non-hydrogen) atoms. The lowest BCUT2D eigenvalue weighted by Crippen LogP contribution is -2.40. The first-order valence-electron chi connectivity index (χ1n) is 9.50. The average molecular weight is 445 g/mol. The molecule has 1 heterocycles. The van der Waals surface area contributed by atoms with E-state index in [1.165, 1.54) is 12.1 Å². The van der Waals surface area contributed by atoms with Crippen LogP contribution in [0.3, 0.4) is 0 Å². The predicted octanol–water partition coefficient (Wildman–Crippen LogP) is 3.29. The molecule has 2 aromatic carbocycles. The molecule has 0 aliphatic rings. The Morgan fingerprint density at radius 2 is 1.87 bits per heavy atom. The molecule has 0 atom stereocenters. The molecule has 0 radical (unpaired) electrons. The number of para-hydroxylation sites is 1. The van der Waals surface area contributed by atoms with Crippen molar-refractivity contribution >= 4 is 21.6 Å². The summed E-state index contributed by atoms with van der Waals surface area (Å²) in [7, 11) is -3.74. The average Bonchev–Trinajstić information content (AvgIpc) is 3.10. The number of nitrogens with zero attached hydrogens (tertiary/aromatic N) is 2. The molecule has 0 fully saturated rings. The lowest BCUT2D eigenvalue weighted by Gasteiger charge is -2.20. The van der Waals surface area contributed by atoms with Gasteiger partial charge in [0.15, 0.2) is 6.61 Å². The van der Waals surface area contributed by atoms with Crippen molar-refractivity contribution in [3.05, 3.63) is 65.8 Å². The zero-order valence-corrected chi connectivity index (χ0v) is 18.5. The summed E-state index contributed by atoms with van der Waals surface area (Å²) >= 11 is 0. The van der Waals surface area contributed by atoms with Crippen molar-refractivity contribution in [3.63, 3.8) is 0 Å². The quantitative estimate of drug-likeness (QED) is 0.573. The molecule has 1 amide bonds. The van der Waals surface area contributed by atoms with Gasteiger partial charge in [0.25, 0.3) is 5.91 Å². The molecule has 10 heteroatoms. The van der Waals surface area contributed by atoms with Crippen molar-refractivity contribution in [2.75, 3.05) is 5.32 Å². The minimum Gasteiger partial charge on any atom is -0.485 e. The first-order valence-corrected chi connectivity index (χ1v) is 11.0. The molecule has 0 unspecified atom stereocenters. The maximum absolute atomic E-state index is 12.8. The molecule has 0 aliphatic heterocycles. The van der Waals surface area contributed by atoms with Crippen molar-refractivity contribution in [2.45, 2.75) is 44.7 Å². The fraction of sp³-hybridized carbons (Fsp3) is 0.286. The Morgan fingerprint density at radius 1 is 1.13 bits per heavy atom. The highest BCUT2D eigenvalue weighted by molar-refractivity contribution is 7.89. The lowest BCUT2D eigenvalue weighted by molar-refractivity contribution is 0.102. The normalized spacial score (nSPS) is 11.9. The van der Waals surface area contributed by atoms with E-state index in [2.05, 4.69) is 20.2 Å². The highest BCUT2D eigenvalue weighted by Gasteiger charge is 2.22. The third-order valence-corrected chi connectivity index (χ3v) is 5.66. The Balaban J connectivity index is 1.76. The van der Waals surface area contributed by atoms with E-state index in [1.54, 1.807) is 64.1 Å². The van der Waals surface area contributed by atoms with Gasteiger partial charge in [0, 0.05) is 18.2 Å². The first-order chi connectivity index (χ1) is 14.5. The maximum Gasteiger partial charge on any atom is 0.259 e. The molecule has 9 nitrogen and oxygen atoms in total. The third kappa shape index (κ3) is 6.12. The monoisotopic (exact) mass is 444 g/mol. The summed E-state index contributed by atoms with van der Waals surface area (Å²) in [5.74, 6) is 0.663. The van der Waals surface area contributed by atoms with E-state index in [-0.39, 0.29) is 17.1 Å². The van der Waals surface area contributed by atoms with Crippen molar-refractivity contribution in [1.29, 1.82) is 0 Å². The number of hydrogen-bond donors (Lipinski definition) is 2. The number of nitrogens with one attached hydrogen (secondary N) is 2. The van der Waals surface area contributed by atoms with Crippen LogP contribution in [0.5, 0.6) is 5.75 Å². The van der Waals surface area contributed by atoms with E-state index in [4.69, 9.17) is 9.26 Å². The Hall–Kier alpha value is -3.24. The molecule has 1 aromatic heterocycles. The molecular weight excluding hydrogens is 420 g/mol. The Bertz CT molecular complexity index is 1180. The Kier molecular flexibility index (Phi) is 6.42. The maximum atomic E-state index is 12.8. The van der Waals surface area contributed by atoms with Crippen LogP contribution >= 0.6 is 0 Å². The van der Waals surface area contributed by atoms with Crippen LogP contribution in [0.15, 0.2) is 57.9 Å². The molecule has 0 saturated heterocycles. The van der Waals surface area contributed by atoms with Gasteiger partial charge in [-0.3, -0.25) is 4.79 Å². The summed E-state index contributed by atoms with van der Waals surface area (Å²) in [5, 5.41) is 6.47. The molecule has 3 rings (SSSR count). The second-order valence-corrected chi connectivity index (χ2v) is 9.53. The summed E-state index contributed by atoms with van der Waals surface area (Å²) in [6.07, 6.45) is 0. The summed E-state index contributed by atoms with van der Waals surface area (Å²) in [6.45, 7) is 6.96. The number of amides is 1. The largest absolute Gasteiger partial charge is 0.485 e. The minimum atomic E-state index is -3.74. The van der Waals surface area contributed by atoms with Gasteiger partial charge < -0.3 is 14.6 Å². The summed E-state index contributed by atoms with van der Waals surface area (Å²) in [6, 6.07) is 12.7. The van der Waals surface area contributed by atoms with E-state index >= 15 is 0 Å². The van der Waals surface area contributed by atoms with Gasteiger partial charge in [-0.2, -0.15) is 4.98 Å². The number of sulfonamides is 1. The fourth-order valence-electron chi connectivity index (χ4n) is 2.72. The number of hydrogen-bond acceptors (Lipinski definition) is 7. The number of benzene rings is 2. The van der Waals surface area contributed by atoms with Crippen LogP contribution in [0.2, 0.25) is 0 Å². The van der Waals surface area contributed by atoms with E-state index in [1.807, 2.05) is 0 Å². The highest BCUT2D eigenvalue weighted by Crippen LogP contribution is 2.22. The molecule has 0 bridgehead atoms. The molecule has 0 saturated carbocycles. The molecule has 2 N–H and O–H groups in total. The van der Waals surface area contributed by atoms with Crippen molar-refractivity contribution in [3.8, 4) is 5.75 Å². The third-order valence-electron chi connectivity index (χ3n) is 3.90. The summed E-state index contributed by atoms with van der Waals surface area (Å²) in [5.41, 5.74) is -0.0137. The second kappa shape index (κ2) is 8.86. The summed E-state index contributed by atoms with van der Waals surface area (Å²) < 4.78 is 38.3. The molecule has 0 spiro atoms. The van der Waals surface area contributed by atoms with Gasteiger partial charge in [0.1, 0.15) is 5.75 Å². The number of rotatable bonds is 7. The molecule has 0 aliphatic carbocycles. The van der Waals surface area contributed by atoms with Gasteiger partial charge in [0.05, 0.1) is 10.5 Å². The highest BCUT2D eigenvalue weighted by atomic mass is 32.2. The van der Waals surface area contributed by atoms with E-state index in [9.17, 15) is 13.2 Å². The minimum absolute atomic E-state index is 0.0356. The van der Waals surface area contributed by atoms with Crippen molar-refractivity contribution < 1.29 is 22.5 Å². The molecular formula is C21H24N4O5S. The smallest absolute Gasteiger partial charge is 0.259 e. The van der Waals surface area contributed by atoms with E-state index in [0.29, 0.717) is 23.2 Å². The number of aryl methyl sites for hydroxylation is 1. The van der Waals surface area contributed by atoms with Crippen molar-refractivity contribution in [1.82, 2.24) is 14.9 Å². The van der Waals surface area contributed by atoms with E-state index < -0.39 is 21.5 Å². The lowest BCUT2D eigenvalue weighted by atomic mass is 10.1.